The van der Waals surface area contributed by atoms with E-state index >= 15 is 0 Å². The quantitative estimate of drug-likeness (QED) is 0.202. The Morgan fingerprint density at radius 1 is 1.05 bits per heavy atom. The van der Waals surface area contributed by atoms with Crippen molar-refractivity contribution < 1.29 is 57.1 Å². The molecule has 4 bridgehead atoms. The number of nitrogens with one attached hydrogen (secondary N) is 2. The molecule has 8 atom stereocenters. The number of carbonyl (C=O) groups excluding carboxylic acids is 4. The van der Waals surface area contributed by atoms with Crippen molar-refractivity contribution >= 4 is 35.7 Å². The predicted octanol–water partition coefficient (Wildman–Crippen LogP) is 4.54. The molecule has 0 aliphatic carbocycles. The van der Waals surface area contributed by atoms with Gasteiger partial charge in [-0.2, -0.15) is 5.26 Å². The van der Waals surface area contributed by atoms with E-state index in [1.807, 2.05) is 14.0 Å². The van der Waals surface area contributed by atoms with Crippen molar-refractivity contribution in [3.8, 4) is 34.8 Å². The van der Waals surface area contributed by atoms with Gasteiger partial charge in [0.1, 0.15) is 36.1 Å². The highest BCUT2D eigenvalue weighted by molar-refractivity contribution is 7.99. The molecular weight excluding hydrogens is 811 g/mol. The van der Waals surface area contributed by atoms with Crippen LogP contribution < -0.4 is 34.3 Å². The molecule has 0 spiro atoms. The highest BCUT2D eigenvalue weighted by atomic mass is 32.2. The number of piperazine rings is 1. The van der Waals surface area contributed by atoms with Gasteiger partial charge in [-0.15, -0.1) is 11.8 Å². The van der Waals surface area contributed by atoms with Gasteiger partial charge in [0.05, 0.1) is 30.5 Å². The number of alkyl carbamates (subject to hydrolysis) is 1. The molecule has 2 aromatic rings. The van der Waals surface area contributed by atoms with Crippen LogP contribution in [-0.4, -0.2) is 117 Å². The predicted molar refractivity (Wildman–Crippen MR) is 221 cm³/mol. The Morgan fingerprint density at radius 2 is 1.77 bits per heavy atom. The highest BCUT2D eigenvalue weighted by Crippen LogP contribution is 2.64. The third-order valence-electron chi connectivity index (χ3n) is 11.9. The van der Waals surface area contributed by atoms with Crippen molar-refractivity contribution in [2.45, 2.75) is 115 Å². The van der Waals surface area contributed by atoms with Crippen LogP contribution >= 0.6 is 11.8 Å². The summed E-state index contributed by atoms with van der Waals surface area (Å²) in [5.41, 5.74) is 3.69. The number of nitrogens with zero attached hydrogens (tertiary/aromatic N) is 3. The second-order valence-corrected chi connectivity index (χ2v) is 18.5. The zero-order chi connectivity index (χ0) is 44.2. The van der Waals surface area contributed by atoms with Crippen molar-refractivity contribution in [1.29, 1.82) is 5.26 Å². The molecule has 0 radical (unpaired) electrons. The van der Waals surface area contributed by atoms with Crippen LogP contribution in [0.25, 0.3) is 0 Å². The minimum Gasteiger partial charge on any atom is -0.493 e. The minimum absolute atomic E-state index is 0.0118. The van der Waals surface area contributed by atoms with E-state index in [1.165, 1.54) is 18.7 Å². The van der Waals surface area contributed by atoms with E-state index in [9.17, 15) is 24.4 Å². The van der Waals surface area contributed by atoms with Gasteiger partial charge in [0.2, 0.25) is 12.7 Å². The SMILES string of the molecule is COCOc1c(OC)c(C)cc2c1[C@@H]1C3[C@@H]4SCC(NC(=O)C(NC(=O)OC(C)(C)C)C(C)C)C(=O)OC[C@@H](c5c6c(c(C)c(OC(C)=O)c54)OCO6)N3[C@@H](C#N)[C@H](C2)N1C. The first kappa shape index (κ1) is 44.1. The Labute approximate surface area is 359 Å². The molecule has 2 fully saturated rings. The topological polar surface area (TPSA) is 196 Å². The van der Waals surface area contributed by atoms with Crippen LogP contribution in [-0.2, 0) is 35.0 Å². The number of amides is 2. The summed E-state index contributed by atoms with van der Waals surface area (Å²) in [6.07, 6.45) is -0.271. The number of carbonyl (C=O) groups is 4. The molecule has 7 rings (SSSR count). The van der Waals surface area contributed by atoms with Gasteiger partial charge < -0.3 is 48.5 Å². The summed E-state index contributed by atoms with van der Waals surface area (Å²) in [6.45, 7) is 13.4. The summed E-state index contributed by atoms with van der Waals surface area (Å²) >= 11 is 1.36. The fraction of sp³-hybridized carbons (Fsp3) is 0.605. The third kappa shape index (κ3) is 7.90. The molecule has 5 aliphatic heterocycles. The van der Waals surface area contributed by atoms with Gasteiger partial charge >= 0.3 is 18.0 Å². The number of nitriles is 1. The number of thioether (sulfide) groups is 1. The summed E-state index contributed by atoms with van der Waals surface area (Å²) in [4.78, 5) is 58.4. The number of esters is 2. The molecule has 0 saturated carbocycles. The lowest BCUT2D eigenvalue weighted by Crippen LogP contribution is -2.69. The number of rotatable bonds is 9. The minimum atomic E-state index is -1.18. The van der Waals surface area contributed by atoms with E-state index in [0.717, 1.165) is 16.7 Å². The van der Waals surface area contributed by atoms with Crippen molar-refractivity contribution in [2.24, 2.45) is 5.92 Å². The van der Waals surface area contributed by atoms with Gasteiger partial charge in [-0.25, -0.2) is 9.59 Å². The molecule has 0 aromatic heterocycles. The average Bonchev–Trinajstić information content (AvgIpc) is 3.68. The molecule has 5 aliphatic rings. The Kier molecular flexibility index (Phi) is 12.3. The molecule has 2 N–H and O–H groups in total. The van der Waals surface area contributed by atoms with Crippen molar-refractivity contribution in [2.75, 3.05) is 47.2 Å². The summed E-state index contributed by atoms with van der Waals surface area (Å²) in [7, 11) is 5.13. The van der Waals surface area contributed by atoms with Gasteiger partial charge in [0, 0.05) is 54.1 Å². The third-order valence-corrected chi connectivity index (χ3v) is 13.3. The van der Waals surface area contributed by atoms with Crippen LogP contribution in [0.3, 0.4) is 0 Å². The number of ether oxygens (including phenoxy) is 8. The number of fused-ring (bicyclic) bond motifs is 9. The molecule has 2 amide bonds. The van der Waals surface area contributed by atoms with E-state index in [0.29, 0.717) is 46.1 Å². The standard InChI is InChI=1S/C43H55N5O12S/c1-19(2)31(46-42(52)60-43(6,7)8)40(50)45-24-16-61-39-30-29(38-36(57-18-58-38)21(4)35(30)59-22(5)49)27(15-55-41(24)51)48-26(14-44)25-13-23-12-20(3)34(54-11)37(56-17-53-10)28(23)32(33(39)48)47(25)9/h12,19,24-27,31-33,39H,13,15-18H2,1-11H3,(H,45,50)(H,46,52)/t24?,25-,26-,27-,31?,32+,33?,39+/m0/s1. The van der Waals surface area contributed by atoms with Crippen molar-refractivity contribution in [3.05, 3.63) is 39.4 Å². The van der Waals surface area contributed by atoms with E-state index in [4.69, 9.17) is 37.9 Å². The zero-order valence-electron chi connectivity index (χ0n) is 36.5. The van der Waals surface area contributed by atoms with E-state index in [1.54, 1.807) is 55.8 Å². The Bertz CT molecular complexity index is 2150. The second-order valence-electron chi connectivity index (χ2n) is 17.3. The maximum absolute atomic E-state index is 14.2. The summed E-state index contributed by atoms with van der Waals surface area (Å²) < 4.78 is 47.7. The molecule has 2 aromatic carbocycles. The normalized spacial score (nSPS) is 25.8. The maximum atomic E-state index is 14.2. The fourth-order valence-electron chi connectivity index (χ4n) is 9.54. The van der Waals surface area contributed by atoms with Gasteiger partial charge in [-0.1, -0.05) is 19.9 Å². The van der Waals surface area contributed by atoms with Crippen LogP contribution in [0.1, 0.15) is 92.3 Å². The Morgan fingerprint density at radius 3 is 2.41 bits per heavy atom. The lowest BCUT2D eigenvalue weighted by Gasteiger charge is -2.61. The van der Waals surface area contributed by atoms with Gasteiger partial charge in [-0.05, 0) is 65.1 Å². The Hall–Kier alpha value is -4.96. The number of hydrogen-bond acceptors (Lipinski definition) is 16. The van der Waals surface area contributed by atoms with Gasteiger partial charge in [0.15, 0.2) is 29.8 Å². The summed E-state index contributed by atoms with van der Waals surface area (Å²) in [5, 5.41) is 16.1. The molecular formula is C43H55N5O12S. The largest absolute Gasteiger partial charge is 0.493 e. The van der Waals surface area contributed by atoms with Gasteiger partial charge in [-0.3, -0.25) is 19.4 Å². The van der Waals surface area contributed by atoms with Crippen LogP contribution in [0, 0.1) is 31.1 Å². The number of methoxy groups -OCH3 is 2. The first-order valence-corrected chi connectivity index (χ1v) is 21.4. The molecule has 5 heterocycles. The zero-order valence-corrected chi connectivity index (χ0v) is 37.3. The first-order chi connectivity index (χ1) is 28.9. The first-order valence-electron chi connectivity index (χ1n) is 20.4. The number of hydrogen-bond donors (Lipinski definition) is 2. The molecule has 17 nitrogen and oxygen atoms in total. The Balaban J connectivity index is 1.41. The van der Waals surface area contributed by atoms with Crippen LogP contribution in [0.4, 0.5) is 4.79 Å². The van der Waals surface area contributed by atoms with Crippen LogP contribution in [0.5, 0.6) is 28.7 Å². The monoisotopic (exact) mass is 865 g/mol. The second kappa shape index (κ2) is 17.1. The maximum Gasteiger partial charge on any atom is 0.408 e. The van der Waals surface area contributed by atoms with Crippen molar-refractivity contribution in [1.82, 2.24) is 20.4 Å². The smallest absolute Gasteiger partial charge is 0.408 e. The number of benzene rings is 2. The van der Waals surface area contributed by atoms with E-state index in [-0.39, 0.29) is 43.7 Å². The van der Waals surface area contributed by atoms with Gasteiger partial charge in [0.25, 0.3) is 0 Å². The van der Waals surface area contributed by atoms with E-state index < -0.39 is 71.0 Å². The molecule has 330 valence electrons. The lowest BCUT2D eigenvalue weighted by molar-refractivity contribution is -0.152. The van der Waals surface area contributed by atoms with Crippen LogP contribution in [0.2, 0.25) is 0 Å². The molecule has 3 unspecified atom stereocenters. The summed E-state index contributed by atoms with van der Waals surface area (Å²) in [5.74, 6) is -0.0624. The van der Waals surface area contributed by atoms with E-state index in [2.05, 4.69) is 32.6 Å². The fourth-order valence-corrected chi connectivity index (χ4v) is 11.0. The number of cyclic esters (lactones) is 1. The molecule has 18 heteroatoms. The van der Waals surface area contributed by atoms with Crippen molar-refractivity contribution in [3.63, 3.8) is 0 Å². The molecule has 61 heavy (non-hydrogen) atoms. The number of aryl methyl sites for hydroxylation is 1. The number of likely N-dealkylation sites (N-methyl/N-ethyl adjacent to an activating group) is 1. The average molecular weight is 866 g/mol. The lowest BCUT2D eigenvalue weighted by atomic mass is 9.71. The molecule has 2 saturated heterocycles. The van der Waals surface area contributed by atoms with Crippen LogP contribution in [0.15, 0.2) is 6.07 Å². The highest BCUT2D eigenvalue weighted by Gasteiger charge is 2.61. The summed E-state index contributed by atoms with van der Waals surface area (Å²) in [6, 6.07) is -0.371.